The third-order valence-electron chi connectivity index (χ3n) is 3.62. The lowest BCUT2D eigenvalue weighted by Gasteiger charge is -2.08. The second kappa shape index (κ2) is 7.01. The minimum atomic E-state index is -0.227. The van der Waals surface area contributed by atoms with Gasteiger partial charge in [-0.1, -0.05) is 12.1 Å². The average molecular weight is 349 g/mol. The minimum absolute atomic E-state index is 0.0410. The van der Waals surface area contributed by atoms with Crippen LogP contribution in [0.2, 0.25) is 0 Å². The van der Waals surface area contributed by atoms with Crippen LogP contribution in [0, 0.1) is 0 Å². The number of amides is 1. The van der Waals surface area contributed by atoms with Crippen LogP contribution in [0.5, 0.6) is 5.75 Å². The number of carbonyl (C=O) groups is 1. The summed E-state index contributed by atoms with van der Waals surface area (Å²) in [5.74, 6) is 0.414. The van der Waals surface area contributed by atoms with Crippen molar-refractivity contribution in [2.75, 3.05) is 5.32 Å². The van der Waals surface area contributed by atoms with Crippen molar-refractivity contribution in [3.63, 3.8) is 0 Å². The third kappa shape index (κ3) is 3.66. The first kappa shape index (κ1) is 15.8. The van der Waals surface area contributed by atoms with Crippen molar-refractivity contribution in [1.82, 2.24) is 29.6 Å². The third-order valence-corrected chi connectivity index (χ3v) is 3.62. The standard InChI is InChI=1S/C17H15N7O2/c25-17(10-24-12-18-21-22-24)20-13-4-3-5-15(8-13)26-11-14-9-23-7-2-1-6-16(23)19-14/h1-9,12H,10-11H2,(H,20,25). The van der Waals surface area contributed by atoms with E-state index in [2.05, 4.69) is 25.8 Å². The Kier molecular flexibility index (Phi) is 4.25. The van der Waals surface area contributed by atoms with Crippen molar-refractivity contribution in [2.24, 2.45) is 0 Å². The number of hydrogen-bond donors (Lipinski definition) is 1. The molecular weight excluding hydrogens is 334 g/mol. The van der Waals surface area contributed by atoms with Crippen LogP contribution in [0.15, 0.2) is 61.2 Å². The summed E-state index contributed by atoms with van der Waals surface area (Å²) < 4.78 is 9.07. The van der Waals surface area contributed by atoms with E-state index in [1.807, 2.05) is 47.1 Å². The molecule has 9 nitrogen and oxygen atoms in total. The highest BCUT2D eigenvalue weighted by Gasteiger charge is 2.06. The Morgan fingerprint density at radius 3 is 3.00 bits per heavy atom. The number of hydrogen-bond acceptors (Lipinski definition) is 6. The van der Waals surface area contributed by atoms with E-state index in [9.17, 15) is 4.79 Å². The largest absolute Gasteiger partial charge is 0.487 e. The first-order valence-electron chi connectivity index (χ1n) is 7.92. The lowest BCUT2D eigenvalue weighted by atomic mass is 10.3. The summed E-state index contributed by atoms with van der Waals surface area (Å²) in [7, 11) is 0. The topological polar surface area (TPSA) is 99.2 Å². The molecule has 9 heteroatoms. The Hall–Kier alpha value is -3.75. The van der Waals surface area contributed by atoms with Crippen LogP contribution in [-0.2, 0) is 17.9 Å². The number of aromatic nitrogens is 6. The fraction of sp³-hybridized carbons (Fsp3) is 0.118. The number of imidazole rings is 1. The van der Waals surface area contributed by atoms with E-state index in [1.54, 1.807) is 12.1 Å². The molecule has 4 rings (SSSR count). The number of rotatable bonds is 6. The van der Waals surface area contributed by atoms with E-state index in [1.165, 1.54) is 11.0 Å². The molecule has 0 radical (unpaired) electrons. The summed E-state index contributed by atoms with van der Waals surface area (Å²) in [5, 5.41) is 13.4. The average Bonchev–Trinajstić information content (AvgIpc) is 3.29. The van der Waals surface area contributed by atoms with Crippen LogP contribution in [0.1, 0.15) is 5.69 Å². The quantitative estimate of drug-likeness (QED) is 0.567. The van der Waals surface area contributed by atoms with Crippen LogP contribution in [0.25, 0.3) is 5.65 Å². The van der Waals surface area contributed by atoms with Crippen molar-refractivity contribution in [3.05, 3.63) is 66.9 Å². The van der Waals surface area contributed by atoms with E-state index >= 15 is 0 Å². The Balaban J connectivity index is 1.38. The van der Waals surface area contributed by atoms with Crippen molar-refractivity contribution in [2.45, 2.75) is 13.2 Å². The highest BCUT2D eigenvalue weighted by molar-refractivity contribution is 5.90. The van der Waals surface area contributed by atoms with Crippen LogP contribution in [-0.4, -0.2) is 35.5 Å². The van der Waals surface area contributed by atoms with E-state index in [-0.39, 0.29) is 12.5 Å². The molecule has 3 heterocycles. The highest BCUT2D eigenvalue weighted by Crippen LogP contribution is 2.18. The van der Waals surface area contributed by atoms with Gasteiger partial charge in [-0.3, -0.25) is 4.79 Å². The van der Waals surface area contributed by atoms with Gasteiger partial charge < -0.3 is 14.5 Å². The number of tetrazole rings is 1. The number of carbonyl (C=O) groups excluding carboxylic acids is 1. The van der Waals surface area contributed by atoms with Gasteiger partial charge >= 0.3 is 0 Å². The predicted molar refractivity (Wildman–Crippen MR) is 92.4 cm³/mol. The molecule has 0 bridgehead atoms. The molecule has 0 aliphatic carbocycles. The summed E-state index contributed by atoms with van der Waals surface area (Å²) in [4.78, 5) is 16.5. The van der Waals surface area contributed by atoms with E-state index in [4.69, 9.17) is 4.74 Å². The van der Waals surface area contributed by atoms with E-state index in [0.717, 1.165) is 11.3 Å². The molecule has 0 fully saturated rings. The number of nitrogens with one attached hydrogen (secondary N) is 1. The van der Waals surface area contributed by atoms with Crippen molar-refractivity contribution < 1.29 is 9.53 Å². The summed E-state index contributed by atoms with van der Waals surface area (Å²) >= 11 is 0. The number of benzene rings is 1. The predicted octanol–water partition coefficient (Wildman–Crippen LogP) is 1.54. The van der Waals surface area contributed by atoms with Crippen LogP contribution in [0.3, 0.4) is 0 Å². The summed E-state index contributed by atoms with van der Waals surface area (Å²) in [6.45, 7) is 0.378. The lowest BCUT2D eigenvalue weighted by Crippen LogP contribution is -2.19. The van der Waals surface area contributed by atoms with Crippen LogP contribution < -0.4 is 10.1 Å². The fourth-order valence-electron chi connectivity index (χ4n) is 2.48. The number of anilines is 1. The highest BCUT2D eigenvalue weighted by atomic mass is 16.5. The Bertz CT molecular complexity index is 993. The number of fused-ring (bicyclic) bond motifs is 1. The summed E-state index contributed by atoms with van der Waals surface area (Å²) in [6, 6.07) is 13.0. The Morgan fingerprint density at radius 2 is 2.15 bits per heavy atom. The maximum Gasteiger partial charge on any atom is 0.246 e. The maximum absolute atomic E-state index is 12.0. The maximum atomic E-state index is 12.0. The van der Waals surface area contributed by atoms with Gasteiger partial charge in [0.15, 0.2) is 0 Å². The van der Waals surface area contributed by atoms with E-state index < -0.39 is 0 Å². The Labute approximate surface area is 148 Å². The van der Waals surface area contributed by atoms with Crippen LogP contribution in [0.4, 0.5) is 5.69 Å². The van der Waals surface area contributed by atoms with Crippen molar-refractivity contribution in [3.8, 4) is 5.75 Å². The molecule has 0 atom stereocenters. The zero-order chi connectivity index (χ0) is 17.8. The molecule has 1 amide bonds. The minimum Gasteiger partial charge on any atom is -0.487 e. The Morgan fingerprint density at radius 1 is 1.19 bits per heavy atom. The molecule has 0 saturated heterocycles. The van der Waals surface area contributed by atoms with Gasteiger partial charge in [-0.05, 0) is 34.7 Å². The van der Waals surface area contributed by atoms with Crippen LogP contribution >= 0.6 is 0 Å². The van der Waals surface area contributed by atoms with Gasteiger partial charge in [-0.2, -0.15) is 0 Å². The second-order valence-corrected chi connectivity index (χ2v) is 5.57. The van der Waals surface area contributed by atoms with E-state index in [0.29, 0.717) is 18.0 Å². The summed E-state index contributed by atoms with van der Waals surface area (Å²) in [5.41, 5.74) is 2.33. The molecule has 0 spiro atoms. The van der Waals surface area contributed by atoms with Gasteiger partial charge in [-0.15, -0.1) is 5.10 Å². The van der Waals surface area contributed by atoms with Crippen molar-refractivity contribution in [1.29, 1.82) is 0 Å². The molecule has 26 heavy (non-hydrogen) atoms. The monoisotopic (exact) mass is 349 g/mol. The lowest BCUT2D eigenvalue weighted by molar-refractivity contribution is -0.116. The van der Waals surface area contributed by atoms with Gasteiger partial charge in [0.2, 0.25) is 5.91 Å². The second-order valence-electron chi connectivity index (χ2n) is 5.57. The SMILES string of the molecule is O=C(Cn1cnnn1)Nc1cccc(OCc2cn3ccccc3n2)c1. The first-order chi connectivity index (χ1) is 12.8. The smallest absolute Gasteiger partial charge is 0.246 e. The summed E-state index contributed by atoms with van der Waals surface area (Å²) in [6.07, 6.45) is 5.24. The molecule has 130 valence electrons. The molecular formula is C17H15N7O2. The normalized spacial score (nSPS) is 10.8. The molecule has 1 N–H and O–H groups in total. The number of ether oxygens (including phenoxy) is 1. The molecule has 0 saturated carbocycles. The molecule has 4 aromatic rings. The van der Waals surface area contributed by atoms with Gasteiger partial charge in [0.25, 0.3) is 0 Å². The molecule has 0 unspecified atom stereocenters. The van der Waals surface area contributed by atoms with Gasteiger partial charge in [0.05, 0.1) is 5.69 Å². The van der Waals surface area contributed by atoms with Crippen molar-refractivity contribution >= 4 is 17.2 Å². The van der Waals surface area contributed by atoms with Gasteiger partial charge in [0.1, 0.15) is 30.9 Å². The zero-order valence-electron chi connectivity index (χ0n) is 13.7. The van der Waals surface area contributed by atoms with Gasteiger partial charge in [-0.25, -0.2) is 9.67 Å². The molecule has 0 aliphatic heterocycles. The zero-order valence-corrected chi connectivity index (χ0v) is 13.7. The fourth-order valence-corrected chi connectivity index (χ4v) is 2.48. The van der Waals surface area contributed by atoms with Gasteiger partial charge in [0, 0.05) is 24.1 Å². The molecule has 0 aliphatic rings. The molecule has 1 aromatic carbocycles. The molecule has 3 aromatic heterocycles. The first-order valence-corrected chi connectivity index (χ1v) is 7.92. The number of pyridine rings is 1. The number of nitrogens with zero attached hydrogens (tertiary/aromatic N) is 6.